The van der Waals surface area contributed by atoms with Crippen LogP contribution < -0.4 is 5.32 Å². The maximum atomic E-state index is 3.10. The molecule has 9 heavy (non-hydrogen) atoms. The highest BCUT2D eigenvalue weighted by atomic mass is 14.8. The first-order chi connectivity index (χ1) is 4.31. The van der Waals surface area contributed by atoms with Gasteiger partial charge in [0.05, 0.1) is 0 Å². The average Bonchev–Trinajstić information content (AvgIpc) is 1.89. The quantitative estimate of drug-likeness (QED) is 0.566. The monoisotopic (exact) mass is 125 g/mol. The summed E-state index contributed by atoms with van der Waals surface area (Å²) in [4.78, 5) is 0. The van der Waals surface area contributed by atoms with Gasteiger partial charge in [0, 0.05) is 6.04 Å². The first-order valence-electron chi connectivity index (χ1n) is 3.28. The summed E-state index contributed by atoms with van der Waals surface area (Å²) in [6.45, 7) is 4.12. The molecule has 1 nitrogen and oxygen atoms in total. The maximum Gasteiger partial charge on any atom is 0.0221 e. The molecule has 0 aromatic heterocycles. The molecule has 0 fully saturated rings. The number of rotatable bonds is 3. The molecule has 52 valence electrons. The molecule has 1 unspecified atom stereocenters. The normalized spacial score (nSPS) is 15.4. The van der Waals surface area contributed by atoms with Crippen molar-refractivity contribution in [2.75, 3.05) is 7.05 Å². The fourth-order valence-electron chi connectivity index (χ4n) is 0.438. The lowest BCUT2D eigenvalue weighted by atomic mass is 10.3. The fraction of sp³-hybridized carbons (Fsp3) is 0.500. The standard InChI is InChI=1S/C8H15N/c1-4-5-6-7-8(2)9-3/h4-9H,1-3H3/b5-4+,7-6+. The SMILES string of the molecule is C/C=C/C=C/C(C)NC. The Morgan fingerprint density at radius 1 is 1.33 bits per heavy atom. The van der Waals surface area contributed by atoms with Crippen molar-refractivity contribution in [2.24, 2.45) is 0 Å². The highest BCUT2D eigenvalue weighted by molar-refractivity contribution is 5.04. The van der Waals surface area contributed by atoms with Crippen LogP contribution in [0.15, 0.2) is 24.3 Å². The molecular weight excluding hydrogens is 110 g/mol. The molecule has 0 aromatic carbocycles. The second-order valence-corrected chi connectivity index (χ2v) is 1.99. The van der Waals surface area contributed by atoms with Crippen molar-refractivity contribution in [3.8, 4) is 0 Å². The Bertz CT molecular complexity index is 103. The summed E-state index contributed by atoms with van der Waals surface area (Å²) in [5.74, 6) is 0. The predicted octanol–water partition coefficient (Wildman–Crippen LogP) is 1.73. The minimum atomic E-state index is 0.473. The van der Waals surface area contributed by atoms with Gasteiger partial charge >= 0.3 is 0 Å². The summed E-state index contributed by atoms with van der Waals surface area (Å²) in [5, 5.41) is 3.10. The van der Waals surface area contributed by atoms with Crippen molar-refractivity contribution in [3.05, 3.63) is 24.3 Å². The molecule has 0 spiro atoms. The van der Waals surface area contributed by atoms with E-state index in [2.05, 4.69) is 18.3 Å². The first-order valence-corrected chi connectivity index (χ1v) is 3.28. The van der Waals surface area contributed by atoms with E-state index in [4.69, 9.17) is 0 Å². The van der Waals surface area contributed by atoms with Crippen molar-refractivity contribution < 1.29 is 0 Å². The fourth-order valence-corrected chi connectivity index (χ4v) is 0.438. The summed E-state index contributed by atoms with van der Waals surface area (Å²) >= 11 is 0. The van der Waals surface area contributed by atoms with Crippen molar-refractivity contribution in [1.29, 1.82) is 0 Å². The molecule has 0 aromatic rings. The van der Waals surface area contributed by atoms with Crippen LogP contribution in [0.4, 0.5) is 0 Å². The van der Waals surface area contributed by atoms with E-state index < -0.39 is 0 Å². The van der Waals surface area contributed by atoms with Gasteiger partial charge in [0.2, 0.25) is 0 Å². The highest BCUT2D eigenvalue weighted by Crippen LogP contribution is 1.83. The number of likely N-dealkylation sites (N-methyl/N-ethyl adjacent to an activating group) is 1. The maximum absolute atomic E-state index is 3.10. The largest absolute Gasteiger partial charge is 0.314 e. The van der Waals surface area contributed by atoms with Crippen LogP contribution in [-0.2, 0) is 0 Å². The third kappa shape index (κ3) is 5.31. The molecule has 0 radical (unpaired) electrons. The van der Waals surface area contributed by atoms with Gasteiger partial charge in [-0.05, 0) is 20.9 Å². The third-order valence-electron chi connectivity index (χ3n) is 1.16. The predicted molar refractivity (Wildman–Crippen MR) is 42.5 cm³/mol. The summed E-state index contributed by atoms with van der Waals surface area (Å²) in [5.41, 5.74) is 0. The lowest BCUT2D eigenvalue weighted by Crippen LogP contribution is -2.17. The average molecular weight is 125 g/mol. The molecular formula is C8H15N. The van der Waals surface area contributed by atoms with E-state index in [1.165, 1.54) is 0 Å². The molecule has 0 amide bonds. The van der Waals surface area contributed by atoms with Gasteiger partial charge in [0.15, 0.2) is 0 Å². The van der Waals surface area contributed by atoms with Gasteiger partial charge in [-0.1, -0.05) is 24.3 Å². The molecule has 1 N–H and O–H groups in total. The number of allylic oxidation sites excluding steroid dienone is 3. The van der Waals surface area contributed by atoms with Crippen LogP contribution in [0.5, 0.6) is 0 Å². The first kappa shape index (κ1) is 8.44. The zero-order valence-electron chi connectivity index (χ0n) is 6.39. The molecule has 0 aliphatic heterocycles. The molecule has 0 bridgehead atoms. The Labute approximate surface area is 57.5 Å². The van der Waals surface area contributed by atoms with E-state index in [-0.39, 0.29) is 0 Å². The summed E-state index contributed by atoms with van der Waals surface area (Å²) in [6.07, 6.45) is 8.19. The number of hydrogen-bond acceptors (Lipinski definition) is 1. The highest BCUT2D eigenvalue weighted by Gasteiger charge is 1.84. The molecule has 0 heterocycles. The van der Waals surface area contributed by atoms with Crippen LogP contribution in [0.25, 0.3) is 0 Å². The Morgan fingerprint density at radius 3 is 2.44 bits per heavy atom. The van der Waals surface area contributed by atoms with Gasteiger partial charge in [0.1, 0.15) is 0 Å². The minimum absolute atomic E-state index is 0.473. The van der Waals surface area contributed by atoms with Crippen molar-refractivity contribution in [2.45, 2.75) is 19.9 Å². The van der Waals surface area contributed by atoms with Crippen LogP contribution >= 0.6 is 0 Å². The second-order valence-electron chi connectivity index (χ2n) is 1.99. The topological polar surface area (TPSA) is 12.0 Å². The van der Waals surface area contributed by atoms with Crippen LogP contribution in [0.1, 0.15) is 13.8 Å². The summed E-state index contributed by atoms with van der Waals surface area (Å²) in [6, 6.07) is 0.473. The molecule has 0 saturated heterocycles. The van der Waals surface area contributed by atoms with Crippen LogP contribution in [-0.4, -0.2) is 13.1 Å². The van der Waals surface area contributed by atoms with E-state index in [0.29, 0.717) is 6.04 Å². The van der Waals surface area contributed by atoms with Gasteiger partial charge in [0.25, 0.3) is 0 Å². The molecule has 1 atom stereocenters. The smallest absolute Gasteiger partial charge is 0.0221 e. The van der Waals surface area contributed by atoms with E-state index in [0.717, 1.165) is 0 Å². The molecule has 0 saturated carbocycles. The molecule has 0 aliphatic carbocycles. The van der Waals surface area contributed by atoms with Gasteiger partial charge in [-0.15, -0.1) is 0 Å². The van der Waals surface area contributed by atoms with E-state index in [1.54, 1.807) is 0 Å². The van der Waals surface area contributed by atoms with Gasteiger partial charge in [-0.3, -0.25) is 0 Å². The van der Waals surface area contributed by atoms with Crippen molar-refractivity contribution in [1.82, 2.24) is 5.32 Å². The number of nitrogens with one attached hydrogen (secondary N) is 1. The Balaban J connectivity index is 3.43. The summed E-state index contributed by atoms with van der Waals surface area (Å²) < 4.78 is 0. The molecule has 0 rings (SSSR count). The summed E-state index contributed by atoms with van der Waals surface area (Å²) in [7, 11) is 1.95. The Kier molecular flexibility index (Phi) is 5.23. The van der Waals surface area contributed by atoms with Crippen molar-refractivity contribution in [3.63, 3.8) is 0 Å². The number of hydrogen-bond donors (Lipinski definition) is 1. The van der Waals surface area contributed by atoms with Gasteiger partial charge < -0.3 is 5.32 Å². The van der Waals surface area contributed by atoms with Crippen LogP contribution in [0.2, 0.25) is 0 Å². The van der Waals surface area contributed by atoms with Crippen molar-refractivity contribution >= 4 is 0 Å². The van der Waals surface area contributed by atoms with Gasteiger partial charge in [-0.2, -0.15) is 0 Å². The lowest BCUT2D eigenvalue weighted by molar-refractivity contribution is 0.729. The lowest BCUT2D eigenvalue weighted by Gasteiger charge is -1.99. The van der Waals surface area contributed by atoms with Crippen LogP contribution in [0, 0.1) is 0 Å². The third-order valence-corrected chi connectivity index (χ3v) is 1.16. The Hall–Kier alpha value is -0.560. The zero-order valence-corrected chi connectivity index (χ0v) is 6.39. The zero-order chi connectivity index (χ0) is 7.11. The second kappa shape index (κ2) is 5.57. The molecule has 0 aliphatic rings. The molecule has 1 heteroatoms. The van der Waals surface area contributed by atoms with Crippen LogP contribution in [0.3, 0.4) is 0 Å². The minimum Gasteiger partial charge on any atom is -0.314 e. The van der Waals surface area contributed by atoms with Gasteiger partial charge in [-0.25, -0.2) is 0 Å². The van der Waals surface area contributed by atoms with E-state index in [1.807, 2.05) is 32.2 Å². The Morgan fingerprint density at radius 2 is 2.00 bits per heavy atom. The van der Waals surface area contributed by atoms with E-state index >= 15 is 0 Å². The van der Waals surface area contributed by atoms with E-state index in [9.17, 15) is 0 Å².